The number of hydrogen-bond donors (Lipinski definition) is 1. The number of rotatable bonds is 2. The number of carboxylic acid groups (broad SMARTS) is 1. The maximum atomic E-state index is 11.3. The van der Waals surface area contributed by atoms with E-state index in [0.717, 1.165) is 24.2 Å². The Kier molecular flexibility index (Phi) is 3.52. The number of aliphatic carboxylic acids is 1. The summed E-state index contributed by atoms with van der Waals surface area (Å²) in [7, 11) is 0. The van der Waals surface area contributed by atoms with Crippen LogP contribution in [0.3, 0.4) is 0 Å². The van der Waals surface area contributed by atoms with Crippen LogP contribution in [0.25, 0.3) is 0 Å². The molecule has 2 nitrogen and oxygen atoms in total. The van der Waals surface area contributed by atoms with Gasteiger partial charge in [-0.05, 0) is 79.4 Å². The van der Waals surface area contributed by atoms with Crippen LogP contribution in [0, 0.1) is 34.5 Å². The van der Waals surface area contributed by atoms with E-state index in [0.29, 0.717) is 17.8 Å². The third-order valence-corrected chi connectivity index (χ3v) is 8.33. The second-order valence-corrected chi connectivity index (χ2v) is 9.07. The summed E-state index contributed by atoms with van der Waals surface area (Å²) in [6.07, 6.45) is 16.1. The number of fused-ring (bicyclic) bond motifs is 5. The van der Waals surface area contributed by atoms with E-state index in [-0.39, 0.29) is 5.41 Å². The van der Waals surface area contributed by atoms with Crippen LogP contribution in [0.2, 0.25) is 0 Å². The first-order valence-corrected chi connectivity index (χ1v) is 9.53. The highest BCUT2D eigenvalue weighted by Gasteiger charge is 2.58. The minimum Gasteiger partial charge on any atom is -0.481 e. The summed E-state index contributed by atoms with van der Waals surface area (Å²) in [4.78, 5) is 11.3. The third kappa shape index (κ3) is 2.16. The zero-order chi connectivity index (χ0) is 16.2. The van der Waals surface area contributed by atoms with Crippen LogP contribution in [0.1, 0.15) is 65.2 Å². The third-order valence-electron chi connectivity index (χ3n) is 8.33. The Morgan fingerprint density at radius 2 is 2.04 bits per heavy atom. The monoisotopic (exact) mass is 314 g/mol. The fourth-order valence-electron chi connectivity index (χ4n) is 7.04. The minimum absolute atomic E-state index is 0.279. The van der Waals surface area contributed by atoms with Crippen LogP contribution in [0.15, 0.2) is 23.8 Å². The molecule has 0 saturated heterocycles. The van der Waals surface area contributed by atoms with Crippen molar-refractivity contribution in [3.8, 4) is 0 Å². The van der Waals surface area contributed by atoms with E-state index in [1.54, 1.807) is 5.57 Å². The molecule has 0 unspecified atom stereocenters. The maximum absolute atomic E-state index is 11.3. The van der Waals surface area contributed by atoms with Gasteiger partial charge in [-0.25, -0.2) is 0 Å². The smallest absolute Gasteiger partial charge is 0.303 e. The molecular formula is C21H30O2. The Labute approximate surface area is 140 Å². The number of carboxylic acids is 1. The Hall–Kier alpha value is -1.05. The zero-order valence-corrected chi connectivity index (χ0v) is 14.6. The topological polar surface area (TPSA) is 37.3 Å². The van der Waals surface area contributed by atoms with Crippen molar-refractivity contribution in [1.82, 2.24) is 0 Å². The van der Waals surface area contributed by atoms with Crippen molar-refractivity contribution in [3.05, 3.63) is 23.8 Å². The van der Waals surface area contributed by atoms with Gasteiger partial charge in [0.25, 0.3) is 0 Å². The van der Waals surface area contributed by atoms with E-state index in [1.807, 2.05) is 0 Å². The van der Waals surface area contributed by atoms with Crippen LogP contribution in [-0.2, 0) is 4.79 Å². The summed E-state index contributed by atoms with van der Waals surface area (Å²) >= 11 is 0. The Morgan fingerprint density at radius 3 is 2.83 bits per heavy atom. The van der Waals surface area contributed by atoms with Gasteiger partial charge in [-0.3, -0.25) is 4.79 Å². The SMILES string of the molecule is C[C@]12CC[C@H]3[C@@H](CCC4=CC=CC[C@@]43C)[C@@H]1CC[C@@H]2CC(=O)O. The van der Waals surface area contributed by atoms with Crippen LogP contribution in [0.5, 0.6) is 0 Å². The molecule has 126 valence electrons. The molecule has 4 rings (SSSR count). The first-order valence-electron chi connectivity index (χ1n) is 9.53. The molecule has 0 aromatic carbocycles. The quantitative estimate of drug-likeness (QED) is 0.760. The molecule has 3 saturated carbocycles. The summed E-state index contributed by atoms with van der Waals surface area (Å²) in [6.45, 7) is 4.93. The molecule has 4 aliphatic rings. The Morgan fingerprint density at radius 1 is 1.22 bits per heavy atom. The molecule has 0 aromatic rings. The largest absolute Gasteiger partial charge is 0.481 e. The first kappa shape index (κ1) is 15.5. The first-order chi connectivity index (χ1) is 10.9. The Bertz CT molecular complexity index is 574. The van der Waals surface area contributed by atoms with Gasteiger partial charge < -0.3 is 5.11 Å². The minimum atomic E-state index is -0.600. The summed E-state index contributed by atoms with van der Waals surface area (Å²) in [5.41, 5.74) is 2.34. The van der Waals surface area contributed by atoms with Crippen molar-refractivity contribution < 1.29 is 9.90 Å². The lowest BCUT2D eigenvalue weighted by molar-refractivity contribution is -0.140. The highest BCUT2D eigenvalue weighted by molar-refractivity contribution is 5.67. The van der Waals surface area contributed by atoms with Crippen molar-refractivity contribution in [2.45, 2.75) is 65.2 Å². The summed E-state index contributed by atoms with van der Waals surface area (Å²) in [5, 5.41) is 9.29. The fourth-order valence-corrected chi connectivity index (χ4v) is 7.04. The lowest BCUT2D eigenvalue weighted by atomic mass is 9.47. The number of carbonyl (C=O) groups is 1. The van der Waals surface area contributed by atoms with Gasteiger partial charge in [-0.15, -0.1) is 0 Å². The molecule has 6 atom stereocenters. The van der Waals surface area contributed by atoms with E-state index in [2.05, 4.69) is 32.1 Å². The van der Waals surface area contributed by atoms with Crippen LogP contribution in [-0.4, -0.2) is 11.1 Å². The van der Waals surface area contributed by atoms with Crippen molar-refractivity contribution in [3.63, 3.8) is 0 Å². The molecule has 0 bridgehead atoms. The Balaban J connectivity index is 1.62. The van der Waals surface area contributed by atoms with E-state index in [4.69, 9.17) is 0 Å². The average Bonchev–Trinajstić information content (AvgIpc) is 2.83. The fraction of sp³-hybridized carbons (Fsp3) is 0.762. The van der Waals surface area contributed by atoms with Crippen molar-refractivity contribution >= 4 is 5.97 Å². The van der Waals surface area contributed by atoms with Crippen LogP contribution < -0.4 is 0 Å². The number of hydrogen-bond acceptors (Lipinski definition) is 1. The standard InChI is InChI=1S/C21H30O2/c1-20-11-4-3-5-14(20)6-8-16-17-9-7-15(13-19(22)23)21(17,2)12-10-18(16)20/h3-5,15-18H,6-13H2,1-2H3,(H,22,23)/t15-,16+,17+,18+,20+,21-/m1/s1. The molecule has 0 heterocycles. The molecule has 0 spiro atoms. The molecule has 0 radical (unpaired) electrons. The van der Waals surface area contributed by atoms with Gasteiger partial charge in [-0.1, -0.05) is 37.6 Å². The predicted molar refractivity (Wildman–Crippen MR) is 92.0 cm³/mol. The molecule has 23 heavy (non-hydrogen) atoms. The van der Waals surface area contributed by atoms with E-state index >= 15 is 0 Å². The molecule has 0 aliphatic heterocycles. The van der Waals surface area contributed by atoms with Gasteiger partial charge in [0.15, 0.2) is 0 Å². The highest BCUT2D eigenvalue weighted by Crippen LogP contribution is 2.66. The average molecular weight is 314 g/mol. The maximum Gasteiger partial charge on any atom is 0.303 e. The summed E-state index contributed by atoms with van der Waals surface area (Å²) < 4.78 is 0. The van der Waals surface area contributed by atoms with Gasteiger partial charge >= 0.3 is 5.97 Å². The molecule has 2 heteroatoms. The van der Waals surface area contributed by atoms with Crippen molar-refractivity contribution in [1.29, 1.82) is 0 Å². The van der Waals surface area contributed by atoms with Gasteiger partial charge in [0, 0.05) is 6.42 Å². The molecule has 0 amide bonds. The predicted octanol–water partition coefficient (Wildman–Crippen LogP) is 5.21. The van der Waals surface area contributed by atoms with Gasteiger partial charge in [0.1, 0.15) is 0 Å². The van der Waals surface area contributed by atoms with Crippen LogP contribution >= 0.6 is 0 Å². The second-order valence-electron chi connectivity index (χ2n) is 9.07. The summed E-state index contributed by atoms with van der Waals surface area (Å²) in [6, 6.07) is 0. The molecule has 4 aliphatic carbocycles. The highest BCUT2D eigenvalue weighted by atomic mass is 16.4. The summed E-state index contributed by atoms with van der Waals surface area (Å²) in [5.74, 6) is 2.20. The van der Waals surface area contributed by atoms with Gasteiger partial charge in [0.2, 0.25) is 0 Å². The lowest BCUT2D eigenvalue weighted by Crippen LogP contribution is -2.49. The molecule has 1 N–H and O–H groups in total. The van der Waals surface area contributed by atoms with Gasteiger partial charge in [-0.2, -0.15) is 0 Å². The lowest BCUT2D eigenvalue weighted by Gasteiger charge is -2.57. The number of allylic oxidation sites excluding steroid dienone is 4. The second kappa shape index (κ2) is 5.22. The van der Waals surface area contributed by atoms with E-state index in [1.165, 1.54) is 38.5 Å². The normalized spacial score (nSPS) is 48.2. The van der Waals surface area contributed by atoms with Crippen LogP contribution in [0.4, 0.5) is 0 Å². The molecule has 3 fully saturated rings. The molecular weight excluding hydrogens is 284 g/mol. The van der Waals surface area contributed by atoms with Gasteiger partial charge in [0.05, 0.1) is 0 Å². The van der Waals surface area contributed by atoms with E-state index in [9.17, 15) is 9.90 Å². The molecule has 0 aromatic heterocycles. The van der Waals surface area contributed by atoms with Crippen molar-refractivity contribution in [2.24, 2.45) is 34.5 Å². The van der Waals surface area contributed by atoms with Crippen molar-refractivity contribution in [2.75, 3.05) is 0 Å². The zero-order valence-electron chi connectivity index (χ0n) is 14.6. The van der Waals surface area contributed by atoms with E-state index < -0.39 is 5.97 Å².